The number of nitrogens with zero attached hydrogens (tertiary/aromatic N) is 4. The summed E-state index contributed by atoms with van der Waals surface area (Å²) in [6, 6.07) is 13.3. The largest absolute Gasteiger partial charge is 0.371 e. The monoisotopic (exact) mass is 473 g/mol. The average Bonchev–Trinajstić information content (AvgIpc) is 3.49. The second kappa shape index (κ2) is 10.4. The van der Waals surface area contributed by atoms with E-state index in [1.807, 2.05) is 43.3 Å². The molecule has 3 aromatic rings. The molecule has 1 fully saturated rings. The number of carbonyl (C=O) groups excluding carboxylic acids is 2. The summed E-state index contributed by atoms with van der Waals surface area (Å²) in [7, 11) is 3.73. The summed E-state index contributed by atoms with van der Waals surface area (Å²) in [5.74, 6) is 5.03. The van der Waals surface area contributed by atoms with E-state index in [1.165, 1.54) is 12.8 Å². The van der Waals surface area contributed by atoms with Crippen LogP contribution in [0.15, 0.2) is 42.5 Å². The third-order valence-electron chi connectivity index (χ3n) is 6.23. The Balaban J connectivity index is 1.67. The number of hydrogen-bond donors (Lipinski definition) is 2. The van der Waals surface area contributed by atoms with Gasteiger partial charge in [-0.3, -0.25) is 14.5 Å². The molecule has 2 aromatic carbocycles. The van der Waals surface area contributed by atoms with Gasteiger partial charge < -0.3 is 15.7 Å². The van der Waals surface area contributed by atoms with Crippen molar-refractivity contribution in [1.29, 1.82) is 0 Å². The Hall–Kier alpha value is -3.51. The molecule has 1 aliphatic heterocycles. The van der Waals surface area contributed by atoms with Crippen LogP contribution in [0.2, 0.25) is 0 Å². The van der Waals surface area contributed by atoms with Crippen molar-refractivity contribution in [3.63, 3.8) is 0 Å². The van der Waals surface area contributed by atoms with Crippen LogP contribution in [0.4, 0.5) is 0 Å². The Morgan fingerprint density at radius 3 is 2.69 bits per heavy atom. The number of aldehydes is 1. The Bertz CT molecular complexity index is 1300. The van der Waals surface area contributed by atoms with E-state index in [-0.39, 0.29) is 12.1 Å². The van der Waals surface area contributed by atoms with Crippen LogP contribution in [0.1, 0.15) is 40.9 Å². The van der Waals surface area contributed by atoms with Gasteiger partial charge in [0.25, 0.3) is 5.91 Å². The van der Waals surface area contributed by atoms with Crippen molar-refractivity contribution in [3.8, 4) is 17.5 Å². The van der Waals surface area contributed by atoms with Gasteiger partial charge in [0, 0.05) is 30.5 Å². The normalized spacial score (nSPS) is 15.7. The van der Waals surface area contributed by atoms with Crippen LogP contribution in [0.5, 0.6) is 0 Å². The quantitative estimate of drug-likeness (QED) is 0.383. The molecule has 0 aliphatic carbocycles. The summed E-state index contributed by atoms with van der Waals surface area (Å²) in [6.45, 7) is 3.53. The molecule has 1 aliphatic rings. The summed E-state index contributed by atoms with van der Waals surface area (Å²) in [6.07, 6.45) is 3.12. The predicted octanol–water partition coefficient (Wildman–Crippen LogP) is 1.95. The number of aliphatic hydroxyl groups is 1. The first-order valence-corrected chi connectivity index (χ1v) is 11.8. The van der Waals surface area contributed by atoms with Gasteiger partial charge in [0.2, 0.25) is 0 Å². The first kappa shape index (κ1) is 24.6. The van der Waals surface area contributed by atoms with Crippen molar-refractivity contribution < 1.29 is 14.7 Å². The average molecular weight is 474 g/mol. The molecule has 1 amide bonds. The minimum atomic E-state index is -1.72. The summed E-state index contributed by atoms with van der Waals surface area (Å²) in [5.41, 5.74) is 7.36. The lowest BCUT2D eigenvalue weighted by Crippen LogP contribution is -2.33. The highest BCUT2D eigenvalue weighted by Crippen LogP contribution is 2.25. The van der Waals surface area contributed by atoms with E-state index >= 15 is 0 Å². The van der Waals surface area contributed by atoms with Gasteiger partial charge in [-0.2, -0.15) is 5.10 Å². The zero-order valence-electron chi connectivity index (χ0n) is 20.2. The van der Waals surface area contributed by atoms with Crippen LogP contribution >= 0.6 is 0 Å². The molecule has 1 aromatic heterocycles. The highest BCUT2D eigenvalue weighted by atomic mass is 16.3. The molecule has 2 heterocycles. The number of amides is 1. The third kappa shape index (κ3) is 5.77. The predicted molar refractivity (Wildman–Crippen MR) is 135 cm³/mol. The van der Waals surface area contributed by atoms with Gasteiger partial charge in [-0.25, -0.2) is 4.68 Å². The molecule has 4 rings (SSSR count). The van der Waals surface area contributed by atoms with Crippen molar-refractivity contribution >= 4 is 23.1 Å². The summed E-state index contributed by atoms with van der Waals surface area (Å²) >= 11 is 0. The molecule has 0 bridgehead atoms. The van der Waals surface area contributed by atoms with E-state index in [2.05, 4.69) is 27.9 Å². The second-order valence-corrected chi connectivity index (χ2v) is 9.36. The van der Waals surface area contributed by atoms with Crippen LogP contribution in [0.3, 0.4) is 0 Å². The molecular formula is C27H31N5O3. The molecule has 35 heavy (non-hydrogen) atoms. The highest BCUT2D eigenvalue weighted by molar-refractivity contribution is 6.04. The fraction of sp³-hybridized carbons (Fsp3) is 0.370. The molecule has 0 saturated carbocycles. The van der Waals surface area contributed by atoms with E-state index in [9.17, 15) is 14.7 Å². The zero-order chi connectivity index (χ0) is 25.0. The molecule has 1 saturated heterocycles. The van der Waals surface area contributed by atoms with Gasteiger partial charge in [-0.05, 0) is 75.9 Å². The van der Waals surface area contributed by atoms with Gasteiger partial charge in [-0.1, -0.05) is 24.0 Å². The van der Waals surface area contributed by atoms with E-state index in [4.69, 9.17) is 5.73 Å². The molecule has 8 nitrogen and oxygen atoms in total. The van der Waals surface area contributed by atoms with Crippen LogP contribution in [0, 0.1) is 11.8 Å². The molecule has 8 heteroatoms. The van der Waals surface area contributed by atoms with Gasteiger partial charge >= 0.3 is 0 Å². The maximum Gasteiger partial charge on any atom is 0.269 e. The number of aromatic nitrogens is 2. The van der Waals surface area contributed by atoms with E-state index < -0.39 is 11.5 Å². The van der Waals surface area contributed by atoms with Crippen LogP contribution in [-0.2, 0) is 11.3 Å². The van der Waals surface area contributed by atoms with Crippen molar-refractivity contribution in [1.82, 2.24) is 19.6 Å². The van der Waals surface area contributed by atoms with Crippen molar-refractivity contribution in [2.24, 2.45) is 5.73 Å². The smallest absolute Gasteiger partial charge is 0.269 e. The lowest BCUT2D eigenvalue weighted by Gasteiger charge is -2.17. The zero-order valence-corrected chi connectivity index (χ0v) is 20.2. The third-order valence-corrected chi connectivity index (χ3v) is 6.23. The Labute approximate surface area is 205 Å². The molecule has 182 valence electrons. The highest BCUT2D eigenvalue weighted by Gasteiger charge is 2.23. The number of hydrogen-bond acceptors (Lipinski definition) is 6. The van der Waals surface area contributed by atoms with Crippen molar-refractivity contribution in [2.75, 3.05) is 33.7 Å². The minimum Gasteiger partial charge on any atom is -0.371 e. The molecular weight excluding hydrogens is 442 g/mol. The van der Waals surface area contributed by atoms with Crippen LogP contribution in [0.25, 0.3) is 16.6 Å². The molecule has 1 unspecified atom stereocenters. The van der Waals surface area contributed by atoms with Crippen molar-refractivity contribution in [2.45, 2.75) is 31.4 Å². The fourth-order valence-electron chi connectivity index (χ4n) is 4.28. The lowest BCUT2D eigenvalue weighted by atomic mass is 10.0. The van der Waals surface area contributed by atoms with Crippen LogP contribution < -0.4 is 5.73 Å². The number of primary amides is 1. The first-order valence-electron chi connectivity index (χ1n) is 11.8. The number of fused-ring (bicyclic) bond motifs is 1. The maximum absolute atomic E-state index is 12.2. The minimum absolute atomic E-state index is 0.210. The van der Waals surface area contributed by atoms with Gasteiger partial charge in [0.1, 0.15) is 0 Å². The Morgan fingerprint density at radius 2 is 2.00 bits per heavy atom. The maximum atomic E-state index is 12.2. The number of likely N-dealkylation sites (tertiary alicyclic amines) is 1. The van der Waals surface area contributed by atoms with E-state index in [0.29, 0.717) is 29.5 Å². The second-order valence-electron chi connectivity index (χ2n) is 9.36. The topological polar surface area (TPSA) is 105 Å². The molecule has 0 spiro atoms. The molecule has 3 N–H and O–H groups in total. The standard InChI is InChI=1S/C27H31N5O3/c1-30(2)15-12-27(35,19-33)11-10-20-6-5-7-22(16-20)32-24-9-8-21(18-31-13-3-4-14-31)17-23(24)25(29-32)26(28)34/h5-9,16-17,19,35H,3-4,12-15,18H2,1-2H3,(H2,28,34). The van der Waals surface area contributed by atoms with E-state index in [0.717, 1.165) is 30.7 Å². The Kier molecular flexibility index (Phi) is 7.31. The van der Waals surface area contributed by atoms with Gasteiger partial charge in [0.15, 0.2) is 17.6 Å². The van der Waals surface area contributed by atoms with E-state index in [1.54, 1.807) is 16.8 Å². The Morgan fingerprint density at radius 1 is 1.23 bits per heavy atom. The number of benzene rings is 2. The molecule has 0 radical (unpaired) electrons. The van der Waals surface area contributed by atoms with Gasteiger partial charge in [-0.15, -0.1) is 0 Å². The lowest BCUT2D eigenvalue weighted by molar-refractivity contribution is -0.119. The number of nitrogens with two attached hydrogens (primary N) is 1. The summed E-state index contributed by atoms with van der Waals surface area (Å²) in [4.78, 5) is 27.9. The fourth-order valence-corrected chi connectivity index (χ4v) is 4.28. The van der Waals surface area contributed by atoms with Crippen molar-refractivity contribution in [3.05, 3.63) is 59.3 Å². The number of carbonyl (C=O) groups is 2. The number of rotatable bonds is 8. The SMILES string of the molecule is CN(C)CCC(O)(C#Cc1cccc(-n2nc(C(N)=O)c3cc(CN4CCCC4)ccc32)c1)C=O. The molecule has 1 atom stereocenters. The first-order chi connectivity index (χ1) is 16.8. The summed E-state index contributed by atoms with van der Waals surface area (Å²) in [5, 5.41) is 15.7. The van der Waals surface area contributed by atoms with Crippen LogP contribution in [-0.4, -0.2) is 76.2 Å². The van der Waals surface area contributed by atoms with Gasteiger partial charge in [0.05, 0.1) is 11.2 Å². The summed E-state index contributed by atoms with van der Waals surface area (Å²) < 4.78 is 1.68.